The molecule has 1 unspecified atom stereocenters. The van der Waals surface area contributed by atoms with E-state index in [4.69, 9.17) is 21.3 Å². The molecule has 0 saturated carbocycles. The molecule has 1 aliphatic heterocycles. The predicted octanol–water partition coefficient (Wildman–Crippen LogP) is -1.69. The Kier molecular flexibility index (Phi) is 4.88. The number of hydrogen-bond donors (Lipinski definition) is 4. The summed E-state index contributed by atoms with van der Waals surface area (Å²) in [7, 11) is 0. The summed E-state index contributed by atoms with van der Waals surface area (Å²) >= 11 is 0. The van der Waals surface area contributed by atoms with Crippen LogP contribution in [0.4, 0.5) is 10.2 Å². The van der Waals surface area contributed by atoms with Crippen LogP contribution >= 0.6 is 0 Å². The normalized spacial score (nSPS) is 29.0. The summed E-state index contributed by atoms with van der Waals surface area (Å²) in [4.78, 5) is 15.5. The Labute approximate surface area is 120 Å². The van der Waals surface area contributed by atoms with Gasteiger partial charge in [0.1, 0.15) is 18.0 Å². The largest absolute Gasteiger partial charge is 0.394 e. The summed E-state index contributed by atoms with van der Waals surface area (Å²) in [5.74, 6) is 0.0670. The SMILES string of the molecule is NCCCc1cn([C@@H]2O[C@H](CO)[C@H](O)C2F)c(=O)nc1N. The Morgan fingerprint density at radius 2 is 2.24 bits per heavy atom. The molecule has 1 aliphatic rings. The van der Waals surface area contributed by atoms with E-state index in [9.17, 15) is 14.3 Å². The lowest BCUT2D eigenvalue weighted by Gasteiger charge is -2.17. The molecular weight excluding hydrogens is 283 g/mol. The van der Waals surface area contributed by atoms with E-state index in [2.05, 4.69) is 4.98 Å². The number of alkyl halides is 1. The van der Waals surface area contributed by atoms with Gasteiger partial charge >= 0.3 is 5.69 Å². The van der Waals surface area contributed by atoms with Gasteiger partial charge in [-0.05, 0) is 19.4 Å². The summed E-state index contributed by atoms with van der Waals surface area (Å²) in [5, 5.41) is 18.6. The maximum atomic E-state index is 14.0. The molecule has 21 heavy (non-hydrogen) atoms. The molecule has 1 aromatic heterocycles. The quantitative estimate of drug-likeness (QED) is 0.509. The zero-order valence-corrected chi connectivity index (χ0v) is 11.4. The van der Waals surface area contributed by atoms with Crippen LogP contribution in [-0.4, -0.2) is 51.3 Å². The van der Waals surface area contributed by atoms with E-state index in [1.54, 1.807) is 0 Å². The highest BCUT2D eigenvalue weighted by Gasteiger charge is 2.45. The van der Waals surface area contributed by atoms with Gasteiger partial charge in [0.25, 0.3) is 0 Å². The standard InChI is InChI=1S/C12H19FN4O4/c13-8-9(19)7(5-18)21-11(8)17-4-6(2-1-3-14)10(15)16-12(17)20/h4,7-9,11,18-19H,1-3,5,14H2,(H2,15,16,20)/t7-,8?,9+,11-/m1/s1. The number of aliphatic hydroxyl groups excluding tert-OH is 2. The van der Waals surface area contributed by atoms with Gasteiger partial charge in [0.05, 0.1) is 6.61 Å². The van der Waals surface area contributed by atoms with Crippen molar-refractivity contribution in [1.29, 1.82) is 0 Å². The van der Waals surface area contributed by atoms with Crippen molar-refractivity contribution in [3.05, 3.63) is 22.2 Å². The highest BCUT2D eigenvalue weighted by atomic mass is 19.1. The molecule has 2 rings (SSSR count). The Morgan fingerprint density at radius 1 is 1.52 bits per heavy atom. The maximum absolute atomic E-state index is 14.0. The van der Waals surface area contributed by atoms with Crippen molar-refractivity contribution in [1.82, 2.24) is 9.55 Å². The topological polar surface area (TPSA) is 137 Å². The number of hydrogen-bond acceptors (Lipinski definition) is 7. The molecule has 0 aliphatic carbocycles. The molecule has 0 amide bonds. The Morgan fingerprint density at radius 3 is 2.81 bits per heavy atom. The number of aliphatic hydroxyl groups is 2. The summed E-state index contributed by atoms with van der Waals surface area (Å²) in [5.41, 5.74) is 10.9. The first-order valence-electron chi connectivity index (χ1n) is 6.65. The zero-order chi connectivity index (χ0) is 15.6. The van der Waals surface area contributed by atoms with Crippen molar-refractivity contribution in [2.45, 2.75) is 37.4 Å². The van der Waals surface area contributed by atoms with Crippen LogP contribution in [0, 0.1) is 0 Å². The summed E-state index contributed by atoms with van der Waals surface area (Å²) in [6.07, 6.45) is -3.27. The van der Waals surface area contributed by atoms with E-state index in [0.29, 0.717) is 24.9 Å². The first kappa shape index (κ1) is 15.8. The van der Waals surface area contributed by atoms with Gasteiger partial charge in [-0.2, -0.15) is 4.98 Å². The molecule has 6 N–H and O–H groups in total. The van der Waals surface area contributed by atoms with Gasteiger partial charge < -0.3 is 26.4 Å². The fraction of sp³-hybridized carbons (Fsp3) is 0.667. The third-order valence-corrected chi connectivity index (χ3v) is 3.46. The molecule has 4 atom stereocenters. The lowest BCUT2D eigenvalue weighted by atomic mass is 10.1. The van der Waals surface area contributed by atoms with E-state index >= 15 is 0 Å². The van der Waals surface area contributed by atoms with Crippen LogP contribution in [0.25, 0.3) is 0 Å². The molecule has 2 heterocycles. The smallest absolute Gasteiger partial charge is 0.351 e. The fourth-order valence-corrected chi connectivity index (χ4v) is 2.27. The Bertz CT molecular complexity index is 553. The average molecular weight is 302 g/mol. The molecule has 0 radical (unpaired) electrons. The second-order valence-electron chi connectivity index (χ2n) is 4.92. The van der Waals surface area contributed by atoms with Gasteiger partial charge in [-0.15, -0.1) is 0 Å². The van der Waals surface area contributed by atoms with Crippen LogP contribution in [0.1, 0.15) is 18.2 Å². The molecule has 0 spiro atoms. The Hall–Kier alpha value is -1.55. The number of aromatic nitrogens is 2. The van der Waals surface area contributed by atoms with Crippen LogP contribution in [0.3, 0.4) is 0 Å². The third-order valence-electron chi connectivity index (χ3n) is 3.46. The number of halogens is 1. The van der Waals surface area contributed by atoms with Crippen molar-refractivity contribution in [3.8, 4) is 0 Å². The minimum absolute atomic E-state index is 0.0670. The number of rotatable bonds is 5. The van der Waals surface area contributed by atoms with Gasteiger partial charge in [0, 0.05) is 11.8 Å². The van der Waals surface area contributed by atoms with Crippen molar-refractivity contribution >= 4 is 5.82 Å². The van der Waals surface area contributed by atoms with Crippen LogP contribution < -0.4 is 17.2 Å². The first-order chi connectivity index (χ1) is 9.99. The van der Waals surface area contributed by atoms with Crippen molar-refractivity contribution in [2.24, 2.45) is 5.73 Å². The van der Waals surface area contributed by atoms with Gasteiger partial charge in [-0.3, -0.25) is 4.57 Å². The number of nitrogens with zero attached hydrogens (tertiary/aromatic N) is 2. The number of ether oxygens (including phenoxy) is 1. The zero-order valence-electron chi connectivity index (χ0n) is 11.4. The van der Waals surface area contributed by atoms with Crippen LogP contribution in [0.2, 0.25) is 0 Å². The molecule has 0 aromatic carbocycles. The predicted molar refractivity (Wildman–Crippen MR) is 72.2 cm³/mol. The number of anilines is 1. The van der Waals surface area contributed by atoms with E-state index in [0.717, 1.165) is 4.57 Å². The maximum Gasteiger partial charge on any atom is 0.351 e. The molecule has 118 valence electrons. The van der Waals surface area contributed by atoms with Gasteiger partial charge in [0.2, 0.25) is 0 Å². The molecule has 1 fully saturated rings. The Balaban J connectivity index is 2.33. The number of nitrogen functional groups attached to an aromatic ring is 1. The molecule has 1 aromatic rings. The minimum atomic E-state index is -1.84. The summed E-state index contributed by atoms with van der Waals surface area (Å²) in [6.45, 7) is -0.106. The lowest BCUT2D eigenvalue weighted by Crippen LogP contribution is -2.34. The van der Waals surface area contributed by atoms with E-state index in [1.165, 1.54) is 6.20 Å². The van der Waals surface area contributed by atoms with E-state index in [1.807, 2.05) is 0 Å². The average Bonchev–Trinajstić information content (AvgIpc) is 2.74. The van der Waals surface area contributed by atoms with Crippen LogP contribution in [0.15, 0.2) is 11.0 Å². The highest BCUT2D eigenvalue weighted by Crippen LogP contribution is 2.31. The van der Waals surface area contributed by atoms with Crippen molar-refractivity contribution < 1.29 is 19.3 Å². The van der Waals surface area contributed by atoms with E-state index < -0.39 is 36.9 Å². The first-order valence-corrected chi connectivity index (χ1v) is 6.65. The van der Waals surface area contributed by atoms with Gasteiger partial charge in [0.15, 0.2) is 12.4 Å². The number of nitrogens with two attached hydrogens (primary N) is 2. The summed E-state index contributed by atoms with van der Waals surface area (Å²) in [6, 6.07) is 0. The van der Waals surface area contributed by atoms with E-state index in [-0.39, 0.29) is 5.82 Å². The molecular formula is C12H19FN4O4. The van der Waals surface area contributed by atoms with Crippen molar-refractivity contribution in [2.75, 3.05) is 18.9 Å². The minimum Gasteiger partial charge on any atom is -0.394 e. The van der Waals surface area contributed by atoms with Crippen LogP contribution in [-0.2, 0) is 11.2 Å². The van der Waals surface area contributed by atoms with Gasteiger partial charge in [-0.1, -0.05) is 0 Å². The summed E-state index contributed by atoms with van der Waals surface area (Å²) < 4.78 is 20.2. The third kappa shape index (κ3) is 3.05. The molecule has 8 nitrogen and oxygen atoms in total. The van der Waals surface area contributed by atoms with Crippen LogP contribution in [0.5, 0.6) is 0 Å². The fourth-order valence-electron chi connectivity index (χ4n) is 2.27. The second kappa shape index (κ2) is 6.48. The van der Waals surface area contributed by atoms with Gasteiger partial charge in [-0.25, -0.2) is 9.18 Å². The number of aryl methyl sites for hydroxylation is 1. The highest BCUT2D eigenvalue weighted by molar-refractivity contribution is 5.36. The molecule has 9 heteroatoms. The van der Waals surface area contributed by atoms with Crippen molar-refractivity contribution in [3.63, 3.8) is 0 Å². The monoisotopic (exact) mass is 302 g/mol. The molecule has 1 saturated heterocycles. The second-order valence-corrected chi connectivity index (χ2v) is 4.92. The molecule has 0 bridgehead atoms. The lowest BCUT2D eigenvalue weighted by molar-refractivity contribution is -0.0491.